The SMILES string of the molecule is Oc1ccc2c(c1)OC[C@H](c1ccccc1)[C@@H]2c1ccc(SCCCCN2CCCC2)cc1. The van der Waals surface area contributed by atoms with Crippen LogP contribution in [0.4, 0.5) is 0 Å². The number of benzene rings is 3. The molecule has 0 radical (unpaired) electrons. The molecule has 0 aromatic heterocycles. The van der Waals surface area contributed by atoms with E-state index in [4.69, 9.17) is 4.74 Å². The van der Waals surface area contributed by atoms with Gasteiger partial charge in [0.2, 0.25) is 0 Å². The maximum absolute atomic E-state index is 9.96. The van der Waals surface area contributed by atoms with Crippen molar-refractivity contribution >= 4 is 11.8 Å². The van der Waals surface area contributed by atoms with Crippen LogP contribution in [0.3, 0.4) is 0 Å². The van der Waals surface area contributed by atoms with Gasteiger partial charge in [-0.25, -0.2) is 0 Å². The number of hydrogen-bond acceptors (Lipinski definition) is 4. The van der Waals surface area contributed by atoms with E-state index in [0.29, 0.717) is 6.61 Å². The van der Waals surface area contributed by atoms with Crippen LogP contribution in [0, 0.1) is 0 Å². The molecule has 0 amide bonds. The first-order valence-electron chi connectivity index (χ1n) is 12.2. The second-order valence-electron chi connectivity index (χ2n) is 9.20. The van der Waals surface area contributed by atoms with Crippen molar-refractivity contribution < 1.29 is 9.84 Å². The third kappa shape index (κ3) is 5.39. The zero-order valence-electron chi connectivity index (χ0n) is 19.2. The molecule has 2 aliphatic rings. The summed E-state index contributed by atoms with van der Waals surface area (Å²) in [6.07, 6.45) is 5.33. The van der Waals surface area contributed by atoms with Gasteiger partial charge < -0.3 is 14.7 Å². The van der Waals surface area contributed by atoms with Crippen LogP contribution >= 0.6 is 11.8 Å². The number of nitrogens with zero attached hydrogens (tertiary/aromatic N) is 1. The number of phenolic OH excluding ortho intramolecular Hbond substituents is 1. The molecular formula is C29H33NO2S. The first-order chi connectivity index (χ1) is 16.3. The van der Waals surface area contributed by atoms with Gasteiger partial charge in [0.15, 0.2) is 0 Å². The van der Waals surface area contributed by atoms with E-state index in [1.54, 1.807) is 12.1 Å². The zero-order chi connectivity index (χ0) is 22.5. The Morgan fingerprint density at radius 3 is 2.45 bits per heavy atom. The number of aromatic hydroxyl groups is 1. The number of thioether (sulfide) groups is 1. The Balaban J connectivity index is 1.28. The lowest BCUT2D eigenvalue weighted by Gasteiger charge is -2.34. The molecule has 1 N–H and O–H groups in total. The Morgan fingerprint density at radius 1 is 0.879 bits per heavy atom. The number of fused-ring (bicyclic) bond motifs is 1. The van der Waals surface area contributed by atoms with E-state index in [1.807, 2.05) is 17.8 Å². The molecule has 0 bridgehead atoms. The summed E-state index contributed by atoms with van der Waals surface area (Å²) >= 11 is 1.97. The van der Waals surface area contributed by atoms with Crippen molar-refractivity contribution in [2.45, 2.75) is 42.4 Å². The van der Waals surface area contributed by atoms with Crippen molar-refractivity contribution in [3.63, 3.8) is 0 Å². The van der Waals surface area contributed by atoms with E-state index in [0.717, 1.165) is 11.3 Å². The Morgan fingerprint density at radius 2 is 1.67 bits per heavy atom. The van der Waals surface area contributed by atoms with Crippen LogP contribution in [0.5, 0.6) is 11.5 Å². The minimum atomic E-state index is 0.205. The van der Waals surface area contributed by atoms with Crippen molar-refractivity contribution in [3.8, 4) is 11.5 Å². The fraction of sp³-hybridized carbons (Fsp3) is 0.379. The fourth-order valence-electron chi connectivity index (χ4n) is 5.20. The maximum Gasteiger partial charge on any atom is 0.126 e. The highest BCUT2D eigenvalue weighted by atomic mass is 32.2. The van der Waals surface area contributed by atoms with Crippen LogP contribution in [-0.2, 0) is 0 Å². The molecule has 3 nitrogen and oxygen atoms in total. The Kier molecular flexibility index (Phi) is 7.23. The highest BCUT2D eigenvalue weighted by Crippen LogP contribution is 2.47. The van der Waals surface area contributed by atoms with Gasteiger partial charge in [0.1, 0.15) is 11.5 Å². The second kappa shape index (κ2) is 10.7. The smallest absolute Gasteiger partial charge is 0.126 e. The maximum atomic E-state index is 9.96. The van der Waals surface area contributed by atoms with Crippen LogP contribution in [0.2, 0.25) is 0 Å². The number of phenols is 1. The summed E-state index contributed by atoms with van der Waals surface area (Å²) in [6, 6.07) is 25.3. The van der Waals surface area contributed by atoms with Gasteiger partial charge in [0, 0.05) is 28.4 Å². The minimum Gasteiger partial charge on any atom is -0.508 e. The normalized spacial score (nSPS) is 20.4. The molecule has 172 valence electrons. The quantitative estimate of drug-likeness (QED) is 0.301. The summed E-state index contributed by atoms with van der Waals surface area (Å²) in [4.78, 5) is 3.95. The van der Waals surface area contributed by atoms with Gasteiger partial charge in [-0.1, -0.05) is 48.5 Å². The van der Waals surface area contributed by atoms with Crippen LogP contribution in [0.1, 0.15) is 54.2 Å². The molecular weight excluding hydrogens is 426 g/mol. The summed E-state index contributed by atoms with van der Waals surface area (Å²) in [5.74, 6) is 2.67. The Hall–Kier alpha value is -2.43. The van der Waals surface area contributed by atoms with Gasteiger partial charge in [-0.05, 0) is 80.4 Å². The Labute approximate surface area is 201 Å². The van der Waals surface area contributed by atoms with Crippen LogP contribution in [0.25, 0.3) is 0 Å². The molecule has 0 saturated carbocycles. The number of rotatable bonds is 8. The molecule has 3 aromatic rings. The third-order valence-electron chi connectivity index (χ3n) is 6.96. The monoisotopic (exact) mass is 459 g/mol. The van der Waals surface area contributed by atoms with Gasteiger partial charge in [-0.15, -0.1) is 11.8 Å². The molecule has 0 spiro atoms. The average Bonchev–Trinajstić information content (AvgIpc) is 3.38. The lowest BCUT2D eigenvalue weighted by Crippen LogP contribution is -2.25. The van der Waals surface area contributed by atoms with Crippen molar-refractivity contribution in [1.29, 1.82) is 0 Å². The minimum absolute atomic E-state index is 0.205. The largest absolute Gasteiger partial charge is 0.508 e. The third-order valence-corrected chi connectivity index (χ3v) is 8.05. The lowest BCUT2D eigenvalue weighted by atomic mass is 9.76. The van der Waals surface area contributed by atoms with E-state index < -0.39 is 0 Å². The first kappa shape index (κ1) is 22.4. The highest BCUT2D eigenvalue weighted by molar-refractivity contribution is 7.99. The summed E-state index contributed by atoms with van der Waals surface area (Å²) in [5.41, 5.74) is 3.74. The van der Waals surface area contributed by atoms with Crippen molar-refractivity contribution in [2.24, 2.45) is 0 Å². The van der Waals surface area contributed by atoms with Gasteiger partial charge >= 0.3 is 0 Å². The molecule has 0 aliphatic carbocycles. The van der Waals surface area contributed by atoms with E-state index in [2.05, 4.69) is 59.5 Å². The summed E-state index contributed by atoms with van der Waals surface area (Å²) in [5, 5.41) is 9.96. The van der Waals surface area contributed by atoms with Crippen LogP contribution in [0.15, 0.2) is 77.7 Å². The average molecular weight is 460 g/mol. The second-order valence-corrected chi connectivity index (χ2v) is 10.4. The summed E-state index contributed by atoms with van der Waals surface area (Å²) in [6.45, 7) is 4.47. The van der Waals surface area contributed by atoms with E-state index in [1.165, 1.54) is 67.1 Å². The van der Waals surface area contributed by atoms with Crippen molar-refractivity contribution in [3.05, 3.63) is 89.5 Å². The number of hydrogen-bond donors (Lipinski definition) is 1. The molecule has 3 aromatic carbocycles. The number of likely N-dealkylation sites (tertiary alicyclic amines) is 1. The summed E-state index contributed by atoms with van der Waals surface area (Å²) in [7, 11) is 0. The topological polar surface area (TPSA) is 32.7 Å². The van der Waals surface area contributed by atoms with Gasteiger partial charge in [-0.2, -0.15) is 0 Å². The molecule has 2 aliphatic heterocycles. The molecule has 1 saturated heterocycles. The predicted molar refractivity (Wildman–Crippen MR) is 137 cm³/mol. The molecule has 2 atom stereocenters. The predicted octanol–water partition coefficient (Wildman–Crippen LogP) is 6.67. The first-order valence-corrected chi connectivity index (χ1v) is 13.2. The molecule has 33 heavy (non-hydrogen) atoms. The number of ether oxygens (including phenoxy) is 1. The van der Waals surface area contributed by atoms with Crippen LogP contribution in [-0.4, -0.2) is 42.0 Å². The fourth-order valence-corrected chi connectivity index (χ4v) is 6.12. The van der Waals surface area contributed by atoms with Gasteiger partial charge in [-0.3, -0.25) is 0 Å². The van der Waals surface area contributed by atoms with E-state index in [9.17, 15) is 5.11 Å². The standard InChI is InChI=1S/C29H33NO2S/c31-24-12-15-26-28(20-24)32-21-27(22-8-2-1-3-9-22)29(26)23-10-13-25(14-11-23)33-19-7-6-18-30-16-4-5-17-30/h1-3,8-15,20,27,29,31H,4-7,16-19,21H2/t27-,29-/m1/s1. The zero-order valence-corrected chi connectivity index (χ0v) is 20.0. The number of unbranched alkanes of at least 4 members (excludes halogenated alkanes) is 1. The van der Waals surface area contributed by atoms with E-state index >= 15 is 0 Å². The molecule has 1 fully saturated rings. The highest BCUT2D eigenvalue weighted by Gasteiger charge is 2.33. The van der Waals surface area contributed by atoms with E-state index in [-0.39, 0.29) is 17.6 Å². The van der Waals surface area contributed by atoms with Crippen LogP contribution < -0.4 is 4.74 Å². The summed E-state index contributed by atoms with van der Waals surface area (Å²) < 4.78 is 6.09. The Bertz CT molecular complexity index is 1030. The van der Waals surface area contributed by atoms with Crippen molar-refractivity contribution in [1.82, 2.24) is 4.90 Å². The van der Waals surface area contributed by atoms with Gasteiger partial charge in [0.25, 0.3) is 0 Å². The molecule has 5 rings (SSSR count). The van der Waals surface area contributed by atoms with Crippen molar-refractivity contribution in [2.75, 3.05) is 32.0 Å². The molecule has 4 heteroatoms. The van der Waals surface area contributed by atoms with Gasteiger partial charge in [0.05, 0.1) is 6.61 Å². The molecule has 2 heterocycles. The molecule has 0 unspecified atom stereocenters. The lowest BCUT2D eigenvalue weighted by molar-refractivity contribution is 0.248.